The van der Waals surface area contributed by atoms with Gasteiger partial charge in [0.15, 0.2) is 11.6 Å². The van der Waals surface area contributed by atoms with Gasteiger partial charge in [-0.2, -0.15) is 4.98 Å². The quantitative estimate of drug-likeness (QED) is 0.869. The number of hydrogen-bond donors (Lipinski definition) is 1. The van der Waals surface area contributed by atoms with Crippen LogP contribution in [0.4, 0.5) is 4.39 Å². The summed E-state index contributed by atoms with van der Waals surface area (Å²) in [6.45, 7) is 5.75. The van der Waals surface area contributed by atoms with Gasteiger partial charge >= 0.3 is 6.08 Å². The third kappa shape index (κ3) is 4.06. The molecule has 0 bridgehead atoms. The zero-order valence-electron chi connectivity index (χ0n) is 11.0. The Morgan fingerprint density at radius 3 is 2.89 bits per heavy atom. The maximum atomic E-state index is 13.4. The highest BCUT2D eigenvalue weighted by Crippen LogP contribution is 2.23. The Morgan fingerprint density at radius 1 is 1.37 bits per heavy atom. The lowest BCUT2D eigenvalue weighted by Crippen LogP contribution is -2.19. The molecule has 0 aliphatic rings. The normalized spacial score (nSPS) is 10.9. The first kappa shape index (κ1) is 13.5. The fourth-order valence-corrected chi connectivity index (χ4v) is 1.53. The molecule has 0 saturated heterocycles. The second-order valence-corrected chi connectivity index (χ2v) is 4.66. The lowest BCUT2D eigenvalue weighted by Gasteiger charge is -2.04. The Kier molecular flexibility index (Phi) is 4.52. The number of para-hydroxylation sites is 1. The largest absolute Gasteiger partial charge is 0.417 e. The minimum Gasteiger partial charge on any atom is -0.417 e. The minimum absolute atomic E-state index is 0.0476. The van der Waals surface area contributed by atoms with Crippen LogP contribution in [0.2, 0.25) is 0 Å². The van der Waals surface area contributed by atoms with Crippen LogP contribution in [0.25, 0.3) is 0 Å². The lowest BCUT2D eigenvalue weighted by molar-refractivity contribution is 0.318. The maximum Gasteiger partial charge on any atom is 0.399 e. The summed E-state index contributed by atoms with van der Waals surface area (Å²) in [5, 5.41) is 3.24. The summed E-state index contributed by atoms with van der Waals surface area (Å²) in [6.07, 6.45) is 1.55. The van der Waals surface area contributed by atoms with Gasteiger partial charge in [0.2, 0.25) is 0 Å². The Hall–Kier alpha value is -1.88. The van der Waals surface area contributed by atoms with Gasteiger partial charge in [-0.05, 0) is 24.6 Å². The molecule has 0 spiro atoms. The van der Waals surface area contributed by atoms with Gasteiger partial charge in [0.1, 0.15) is 6.26 Å². The molecule has 1 N–H and O–H groups in total. The van der Waals surface area contributed by atoms with Crippen molar-refractivity contribution < 1.29 is 13.5 Å². The van der Waals surface area contributed by atoms with Crippen LogP contribution in [0.15, 0.2) is 34.9 Å². The number of halogens is 1. The molecule has 1 heterocycles. The third-order valence-electron chi connectivity index (χ3n) is 2.42. The van der Waals surface area contributed by atoms with Crippen LogP contribution in [-0.2, 0) is 6.54 Å². The molecule has 19 heavy (non-hydrogen) atoms. The van der Waals surface area contributed by atoms with Crippen molar-refractivity contribution >= 4 is 0 Å². The first-order valence-corrected chi connectivity index (χ1v) is 6.22. The summed E-state index contributed by atoms with van der Waals surface area (Å²) >= 11 is 0. The van der Waals surface area contributed by atoms with Crippen LogP contribution in [-0.4, -0.2) is 11.5 Å². The number of nitrogens with one attached hydrogen (secondary N) is 1. The van der Waals surface area contributed by atoms with Gasteiger partial charge < -0.3 is 14.5 Å². The van der Waals surface area contributed by atoms with Crippen molar-refractivity contribution in [1.29, 1.82) is 0 Å². The first-order chi connectivity index (χ1) is 9.15. The van der Waals surface area contributed by atoms with Crippen molar-refractivity contribution in [2.24, 2.45) is 5.92 Å². The van der Waals surface area contributed by atoms with E-state index in [1.807, 2.05) is 0 Å². The summed E-state index contributed by atoms with van der Waals surface area (Å²) in [5.41, 5.74) is 0.729. The van der Waals surface area contributed by atoms with Crippen molar-refractivity contribution in [3.8, 4) is 11.8 Å². The van der Waals surface area contributed by atoms with Gasteiger partial charge in [0.25, 0.3) is 0 Å². The monoisotopic (exact) mass is 264 g/mol. The van der Waals surface area contributed by atoms with E-state index in [0.717, 1.165) is 12.2 Å². The summed E-state index contributed by atoms with van der Waals surface area (Å²) in [5.74, 6) is 0.229. The summed E-state index contributed by atoms with van der Waals surface area (Å²) in [6, 6.07) is 6.13. The fraction of sp³-hybridized carbons (Fsp3) is 0.357. The molecule has 102 valence electrons. The Bertz CT molecular complexity index is 526. The summed E-state index contributed by atoms with van der Waals surface area (Å²) < 4.78 is 23.7. The second-order valence-electron chi connectivity index (χ2n) is 4.66. The molecule has 1 aromatic heterocycles. The van der Waals surface area contributed by atoms with Crippen LogP contribution < -0.4 is 10.1 Å². The average molecular weight is 264 g/mol. The SMILES string of the molecule is CC(C)CNCc1coc(Oc2ccccc2F)n1. The van der Waals surface area contributed by atoms with Gasteiger partial charge in [-0.15, -0.1) is 0 Å². The second kappa shape index (κ2) is 6.33. The zero-order valence-corrected chi connectivity index (χ0v) is 11.0. The van der Waals surface area contributed by atoms with Gasteiger partial charge in [0.05, 0.1) is 5.69 Å². The first-order valence-electron chi connectivity index (χ1n) is 6.22. The van der Waals surface area contributed by atoms with Crippen molar-refractivity contribution in [3.05, 3.63) is 42.0 Å². The van der Waals surface area contributed by atoms with E-state index in [-0.39, 0.29) is 11.8 Å². The number of oxazole rings is 1. The van der Waals surface area contributed by atoms with E-state index in [2.05, 4.69) is 24.1 Å². The maximum absolute atomic E-state index is 13.4. The summed E-state index contributed by atoms with van der Waals surface area (Å²) in [4.78, 5) is 4.13. The van der Waals surface area contributed by atoms with Crippen molar-refractivity contribution in [2.45, 2.75) is 20.4 Å². The molecule has 0 atom stereocenters. The highest BCUT2D eigenvalue weighted by molar-refractivity contribution is 5.26. The number of ether oxygens (including phenoxy) is 1. The van der Waals surface area contributed by atoms with Crippen molar-refractivity contribution in [1.82, 2.24) is 10.3 Å². The van der Waals surface area contributed by atoms with Crippen LogP contribution in [0.1, 0.15) is 19.5 Å². The van der Waals surface area contributed by atoms with E-state index in [0.29, 0.717) is 12.5 Å². The van der Waals surface area contributed by atoms with E-state index in [1.54, 1.807) is 12.1 Å². The molecule has 0 fully saturated rings. The molecule has 2 rings (SSSR count). The van der Waals surface area contributed by atoms with E-state index >= 15 is 0 Å². The van der Waals surface area contributed by atoms with Crippen LogP contribution >= 0.6 is 0 Å². The Morgan fingerprint density at radius 2 is 2.16 bits per heavy atom. The highest BCUT2D eigenvalue weighted by atomic mass is 19.1. The smallest absolute Gasteiger partial charge is 0.399 e. The van der Waals surface area contributed by atoms with Crippen LogP contribution in [0.5, 0.6) is 11.8 Å². The molecule has 0 aliphatic heterocycles. The number of aromatic nitrogens is 1. The molecule has 0 amide bonds. The number of nitrogens with zero attached hydrogens (tertiary/aromatic N) is 1. The molecular weight excluding hydrogens is 247 g/mol. The molecule has 0 aliphatic carbocycles. The zero-order chi connectivity index (χ0) is 13.7. The lowest BCUT2D eigenvalue weighted by atomic mass is 10.2. The van der Waals surface area contributed by atoms with Crippen LogP contribution in [0, 0.1) is 11.7 Å². The molecule has 0 radical (unpaired) electrons. The minimum atomic E-state index is -0.444. The highest BCUT2D eigenvalue weighted by Gasteiger charge is 2.09. The Balaban J connectivity index is 1.92. The van der Waals surface area contributed by atoms with Gasteiger partial charge in [0, 0.05) is 6.54 Å². The van der Waals surface area contributed by atoms with Gasteiger partial charge in [-0.1, -0.05) is 26.0 Å². The summed E-state index contributed by atoms with van der Waals surface area (Å²) in [7, 11) is 0. The predicted molar refractivity (Wildman–Crippen MR) is 69.5 cm³/mol. The topological polar surface area (TPSA) is 47.3 Å². The average Bonchev–Trinajstić information content (AvgIpc) is 2.79. The molecular formula is C14H17FN2O2. The Labute approximate surface area is 111 Å². The van der Waals surface area contributed by atoms with E-state index < -0.39 is 5.82 Å². The predicted octanol–water partition coefficient (Wildman–Crippen LogP) is 3.35. The third-order valence-corrected chi connectivity index (χ3v) is 2.42. The van der Waals surface area contributed by atoms with E-state index in [4.69, 9.17) is 9.15 Å². The molecule has 1 aromatic carbocycles. The molecule has 0 saturated carbocycles. The molecule has 5 heteroatoms. The molecule has 4 nitrogen and oxygen atoms in total. The van der Waals surface area contributed by atoms with E-state index in [1.165, 1.54) is 18.4 Å². The van der Waals surface area contributed by atoms with Crippen molar-refractivity contribution in [2.75, 3.05) is 6.54 Å². The van der Waals surface area contributed by atoms with Crippen LogP contribution in [0.3, 0.4) is 0 Å². The van der Waals surface area contributed by atoms with Gasteiger partial charge in [-0.25, -0.2) is 4.39 Å². The van der Waals surface area contributed by atoms with Crippen molar-refractivity contribution in [3.63, 3.8) is 0 Å². The number of benzene rings is 1. The number of hydrogen-bond acceptors (Lipinski definition) is 4. The fourth-order valence-electron chi connectivity index (χ4n) is 1.53. The number of rotatable bonds is 6. The van der Waals surface area contributed by atoms with E-state index in [9.17, 15) is 4.39 Å². The van der Waals surface area contributed by atoms with Gasteiger partial charge in [-0.3, -0.25) is 0 Å². The standard InChI is InChI=1S/C14H17FN2O2/c1-10(2)7-16-8-11-9-18-14(17-11)19-13-6-4-3-5-12(13)15/h3-6,9-10,16H,7-8H2,1-2H3. The molecule has 0 unspecified atom stereocenters. The molecule has 2 aromatic rings.